The highest BCUT2D eigenvalue weighted by molar-refractivity contribution is 6.08. The maximum Gasteiger partial charge on any atom is 0.301 e. The molecule has 27 heavy (non-hydrogen) atoms. The van der Waals surface area contributed by atoms with Crippen molar-refractivity contribution < 1.29 is 4.79 Å². The number of anilines is 2. The van der Waals surface area contributed by atoms with Crippen LogP contribution in [-0.4, -0.2) is 26.1 Å². The molecule has 6 nitrogen and oxygen atoms in total. The molecular weight excluding hydrogens is 338 g/mol. The Bertz CT molecular complexity index is 1040. The van der Waals surface area contributed by atoms with Gasteiger partial charge in [-0.2, -0.15) is 5.10 Å². The lowest BCUT2D eigenvalue weighted by atomic mass is 10.2. The van der Waals surface area contributed by atoms with Crippen molar-refractivity contribution in [2.24, 2.45) is 0 Å². The number of hydrogen-bond donors (Lipinski definition) is 1. The molecule has 132 valence electrons. The van der Waals surface area contributed by atoms with Gasteiger partial charge in [0.05, 0.1) is 5.69 Å². The minimum Gasteiger partial charge on any atom is -0.265 e. The summed E-state index contributed by atoms with van der Waals surface area (Å²) in [7, 11) is 0. The lowest BCUT2D eigenvalue weighted by molar-refractivity contribution is 0.0989. The van der Waals surface area contributed by atoms with Gasteiger partial charge in [0.15, 0.2) is 5.82 Å². The molecule has 0 atom stereocenters. The summed E-state index contributed by atoms with van der Waals surface area (Å²) >= 11 is 0. The molecule has 0 unspecified atom stereocenters. The fraction of sp³-hybridized carbons (Fsp3) is 0.0476. The van der Waals surface area contributed by atoms with E-state index in [1.165, 1.54) is 4.90 Å². The molecule has 2 aromatic carbocycles. The molecule has 0 spiro atoms. The van der Waals surface area contributed by atoms with Crippen molar-refractivity contribution in [1.29, 1.82) is 0 Å². The van der Waals surface area contributed by atoms with Crippen LogP contribution in [0.3, 0.4) is 0 Å². The Labute approximate surface area is 156 Å². The second-order valence-corrected chi connectivity index (χ2v) is 6.04. The molecule has 0 saturated carbocycles. The lowest BCUT2D eigenvalue weighted by Gasteiger charge is -2.20. The van der Waals surface area contributed by atoms with Gasteiger partial charge >= 0.3 is 5.91 Å². The van der Waals surface area contributed by atoms with Crippen LogP contribution in [0.5, 0.6) is 0 Å². The third kappa shape index (κ3) is 3.46. The highest BCUT2D eigenvalue weighted by atomic mass is 16.2. The van der Waals surface area contributed by atoms with Crippen molar-refractivity contribution in [3.05, 3.63) is 90.4 Å². The average molecular weight is 355 g/mol. The summed E-state index contributed by atoms with van der Waals surface area (Å²) in [5.74, 6) is 0.820. The van der Waals surface area contributed by atoms with Gasteiger partial charge in [0.25, 0.3) is 0 Å². The number of carbonyl (C=O) groups excluding carboxylic acids is 1. The normalized spacial score (nSPS) is 10.6. The Balaban J connectivity index is 1.73. The number of rotatable bonds is 4. The predicted octanol–water partition coefficient (Wildman–Crippen LogP) is 4.15. The Morgan fingerprint density at radius 3 is 2.37 bits per heavy atom. The van der Waals surface area contributed by atoms with E-state index in [1.54, 1.807) is 12.3 Å². The predicted molar refractivity (Wildman–Crippen MR) is 104 cm³/mol. The number of pyridine rings is 1. The van der Waals surface area contributed by atoms with Crippen LogP contribution in [0.1, 0.15) is 16.2 Å². The van der Waals surface area contributed by atoms with Gasteiger partial charge in [-0.25, -0.2) is 9.97 Å². The van der Waals surface area contributed by atoms with Gasteiger partial charge in [0.1, 0.15) is 5.82 Å². The van der Waals surface area contributed by atoms with E-state index in [0.29, 0.717) is 17.3 Å². The molecule has 2 aromatic heterocycles. The number of carbonyl (C=O) groups is 1. The highest BCUT2D eigenvalue weighted by Crippen LogP contribution is 2.26. The lowest BCUT2D eigenvalue weighted by Crippen LogP contribution is -2.27. The minimum atomic E-state index is -0.327. The van der Waals surface area contributed by atoms with E-state index >= 15 is 0 Å². The van der Waals surface area contributed by atoms with Crippen molar-refractivity contribution in [2.45, 2.75) is 6.92 Å². The first-order chi connectivity index (χ1) is 13.2. The number of nitrogens with one attached hydrogen (secondary N) is 1. The van der Waals surface area contributed by atoms with Crippen LogP contribution in [0.2, 0.25) is 0 Å². The van der Waals surface area contributed by atoms with Gasteiger partial charge in [0.2, 0.25) is 5.82 Å². The summed E-state index contributed by atoms with van der Waals surface area (Å²) in [6.07, 6.45) is 1.65. The standard InChI is InChI=1S/C21H17N5O/c1-15-10-12-17(13-11-15)26(18-9-5-6-14-22-18)21(27)20-23-19(24-25-20)16-7-3-2-4-8-16/h2-14H,1H3,(H,23,24,25). The van der Waals surface area contributed by atoms with Crippen LogP contribution < -0.4 is 4.90 Å². The van der Waals surface area contributed by atoms with Gasteiger partial charge < -0.3 is 0 Å². The number of aryl methyl sites for hydroxylation is 1. The van der Waals surface area contributed by atoms with Gasteiger partial charge in [0, 0.05) is 11.8 Å². The summed E-state index contributed by atoms with van der Waals surface area (Å²) in [6.45, 7) is 2.00. The molecule has 0 aliphatic rings. The van der Waals surface area contributed by atoms with E-state index in [2.05, 4.69) is 20.2 Å². The van der Waals surface area contributed by atoms with Crippen LogP contribution in [0.25, 0.3) is 11.4 Å². The summed E-state index contributed by atoms with van der Waals surface area (Å²) in [5.41, 5.74) is 2.66. The second kappa shape index (κ2) is 7.21. The number of aromatic nitrogens is 4. The smallest absolute Gasteiger partial charge is 0.265 e. The molecule has 0 saturated heterocycles. The Morgan fingerprint density at radius 2 is 1.67 bits per heavy atom. The Hall–Kier alpha value is -3.80. The van der Waals surface area contributed by atoms with E-state index in [-0.39, 0.29) is 11.7 Å². The maximum absolute atomic E-state index is 13.2. The van der Waals surface area contributed by atoms with Gasteiger partial charge in [-0.05, 0) is 31.2 Å². The largest absolute Gasteiger partial charge is 0.301 e. The second-order valence-electron chi connectivity index (χ2n) is 6.04. The molecule has 0 aliphatic heterocycles. The van der Waals surface area contributed by atoms with E-state index < -0.39 is 0 Å². The Kier molecular flexibility index (Phi) is 4.45. The van der Waals surface area contributed by atoms with E-state index in [9.17, 15) is 4.79 Å². The molecule has 0 radical (unpaired) electrons. The van der Waals surface area contributed by atoms with Crippen LogP contribution >= 0.6 is 0 Å². The van der Waals surface area contributed by atoms with Crippen LogP contribution in [0.4, 0.5) is 11.5 Å². The van der Waals surface area contributed by atoms with Gasteiger partial charge in [-0.15, -0.1) is 0 Å². The number of amides is 1. The third-order valence-electron chi connectivity index (χ3n) is 4.09. The highest BCUT2D eigenvalue weighted by Gasteiger charge is 2.24. The summed E-state index contributed by atoms with van der Waals surface area (Å²) in [4.78, 5) is 23.5. The molecule has 1 N–H and O–H groups in total. The first kappa shape index (κ1) is 16.7. The number of benzene rings is 2. The van der Waals surface area contributed by atoms with Gasteiger partial charge in [-0.3, -0.25) is 14.8 Å². The SMILES string of the molecule is Cc1ccc(N(C(=O)c2nc(-c3ccccc3)n[nH]2)c2ccccn2)cc1. The molecule has 0 aliphatic carbocycles. The summed E-state index contributed by atoms with van der Waals surface area (Å²) in [6, 6.07) is 22.6. The minimum absolute atomic E-state index is 0.153. The number of H-pyrrole nitrogens is 1. The van der Waals surface area contributed by atoms with Gasteiger partial charge in [-0.1, -0.05) is 54.1 Å². The monoisotopic (exact) mass is 355 g/mol. The molecule has 2 heterocycles. The number of aromatic amines is 1. The average Bonchev–Trinajstić information content (AvgIpc) is 3.21. The fourth-order valence-electron chi connectivity index (χ4n) is 2.71. The molecule has 0 fully saturated rings. The molecule has 0 bridgehead atoms. The van der Waals surface area contributed by atoms with Crippen LogP contribution in [0.15, 0.2) is 79.0 Å². The maximum atomic E-state index is 13.2. The molecule has 4 rings (SSSR count). The zero-order valence-corrected chi connectivity index (χ0v) is 14.7. The first-order valence-corrected chi connectivity index (χ1v) is 8.52. The van der Waals surface area contributed by atoms with Crippen LogP contribution in [-0.2, 0) is 0 Å². The van der Waals surface area contributed by atoms with Crippen molar-refractivity contribution in [2.75, 3.05) is 4.90 Å². The molecular formula is C21H17N5O. The van der Waals surface area contributed by atoms with Crippen molar-refractivity contribution in [3.63, 3.8) is 0 Å². The quantitative estimate of drug-likeness (QED) is 0.597. The van der Waals surface area contributed by atoms with E-state index in [0.717, 1.165) is 11.1 Å². The van der Waals surface area contributed by atoms with E-state index in [1.807, 2.05) is 73.7 Å². The zero-order valence-electron chi connectivity index (χ0n) is 14.7. The van der Waals surface area contributed by atoms with E-state index in [4.69, 9.17) is 0 Å². The van der Waals surface area contributed by atoms with Crippen molar-refractivity contribution in [3.8, 4) is 11.4 Å². The number of hydrogen-bond acceptors (Lipinski definition) is 4. The molecule has 6 heteroatoms. The molecule has 1 amide bonds. The molecule has 4 aromatic rings. The van der Waals surface area contributed by atoms with Crippen LogP contribution in [0, 0.1) is 6.92 Å². The first-order valence-electron chi connectivity index (χ1n) is 8.52. The fourth-order valence-corrected chi connectivity index (χ4v) is 2.71. The number of nitrogens with zero attached hydrogens (tertiary/aromatic N) is 4. The third-order valence-corrected chi connectivity index (χ3v) is 4.09. The topological polar surface area (TPSA) is 74.8 Å². The van der Waals surface area contributed by atoms with Crippen molar-refractivity contribution >= 4 is 17.4 Å². The summed E-state index contributed by atoms with van der Waals surface area (Å²) < 4.78 is 0. The van der Waals surface area contributed by atoms with Crippen molar-refractivity contribution in [1.82, 2.24) is 20.2 Å². The Morgan fingerprint density at radius 1 is 0.926 bits per heavy atom. The summed E-state index contributed by atoms with van der Waals surface area (Å²) in [5, 5.41) is 6.94. The zero-order chi connectivity index (χ0) is 18.6.